The molecule has 2 heterocycles. The lowest BCUT2D eigenvalue weighted by Gasteiger charge is -2.35. The zero-order valence-corrected chi connectivity index (χ0v) is 15.9. The van der Waals surface area contributed by atoms with Crippen LogP contribution in [0.4, 0.5) is 17.1 Å². The molecule has 1 fully saturated rings. The van der Waals surface area contributed by atoms with Crippen LogP contribution in [0, 0.1) is 0 Å². The number of nitrogens with zero attached hydrogens (tertiary/aromatic N) is 3. The van der Waals surface area contributed by atoms with Crippen molar-refractivity contribution in [1.29, 1.82) is 0 Å². The summed E-state index contributed by atoms with van der Waals surface area (Å²) in [6.07, 6.45) is 0. The minimum Gasteiger partial charge on any atom is -0.482 e. The average molecular weight is 380 g/mol. The number of amides is 2. The molecule has 1 N–H and O–H groups in total. The predicted octanol–water partition coefficient (Wildman–Crippen LogP) is 1.80. The summed E-state index contributed by atoms with van der Waals surface area (Å²) in [5.74, 6) is 0.167. The number of likely N-dealkylation sites (N-methyl/N-ethyl adjacent to an activating group) is 1. The number of ether oxygens (including phenoxy) is 1. The molecule has 0 bridgehead atoms. The van der Waals surface area contributed by atoms with Crippen LogP contribution in [0.5, 0.6) is 5.75 Å². The van der Waals surface area contributed by atoms with E-state index in [1.165, 1.54) is 4.90 Å². The molecule has 0 radical (unpaired) electrons. The Labute approximate surface area is 164 Å². The van der Waals surface area contributed by atoms with E-state index in [-0.39, 0.29) is 25.0 Å². The first-order chi connectivity index (χ1) is 13.6. The Balaban J connectivity index is 1.48. The minimum absolute atomic E-state index is 0.0454. The number of fused-ring (bicyclic) bond motifs is 1. The lowest BCUT2D eigenvalue weighted by atomic mass is 10.2. The first kappa shape index (κ1) is 18.3. The molecular formula is C21H24N4O3. The highest BCUT2D eigenvalue weighted by molar-refractivity contribution is 6.05. The monoisotopic (exact) mass is 380 g/mol. The van der Waals surface area contributed by atoms with Crippen LogP contribution in [0.3, 0.4) is 0 Å². The molecule has 2 aliphatic heterocycles. The average Bonchev–Trinajstić information content (AvgIpc) is 2.71. The summed E-state index contributed by atoms with van der Waals surface area (Å²) < 4.78 is 5.44. The quantitative estimate of drug-likeness (QED) is 0.876. The molecule has 4 rings (SSSR count). The summed E-state index contributed by atoms with van der Waals surface area (Å²) in [6, 6.07) is 15.1. The van der Waals surface area contributed by atoms with E-state index >= 15 is 0 Å². The maximum absolute atomic E-state index is 12.8. The Bertz CT molecular complexity index is 877. The predicted molar refractivity (Wildman–Crippen MR) is 109 cm³/mol. The van der Waals surface area contributed by atoms with E-state index in [4.69, 9.17) is 4.74 Å². The fraction of sp³-hybridized carbons (Fsp3) is 0.333. The summed E-state index contributed by atoms with van der Waals surface area (Å²) in [5, 5.41) is 2.99. The van der Waals surface area contributed by atoms with Gasteiger partial charge in [-0.05, 0) is 31.3 Å². The third-order valence-corrected chi connectivity index (χ3v) is 5.13. The molecule has 2 aliphatic rings. The molecule has 7 nitrogen and oxygen atoms in total. The van der Waals surface area contributed by atoms with Crippen LogP contribution in [-0.2, 0) is 9.59 Å². The Hall–Kier alpha value is -3.06. The fourth-order valence-corrected chi connectivity index (χ4v) is 3.56. The van der Waals surface area contributed by atoms with Crippen molar-refractivity contribution in [3.63, 3.8) is 0 Å². The van der Waals surface area contributed by atoms with Crippen molar-refractivity contribution in [3.05, 3.63) is 48.5 Å². The first-order valence-electron chi connectivity index (χ1n) is 9.46. The SMILES string of the molecule is CN1CCN(c2ccccc2NC(=O)CN2C(=O)COc3ccccc32)CC1. The number of rotatable bonds is 4. The normalized spacial score (nSPS) is 17.1. The lowest BCUT2D eigenvalue weighted by Crippen LogP contribution is -2.45. The second-order valence-electron chi connectivity index (χ2n) is 7.09. The van der Waals surface area contributed by atoms with Gasteiger partial charge in [-0.2, -0.15) is 0 Å². The number of hydrogen-bond donors (Lipinski definition) is 1. The second kappa shape index (κ2) is 7.90. The number of para-hydroxylation sites is 4. The van der Waals surface area contributed by atoms with E-state index in [0.29, 0.717) is 11.4 Å². The van der Waals surface area contributed by atoms with Gasteiger partial charge in [0, 0.05) is 26.2 Å². The Morgan fingerprint density at radius 2 is 1.68 bits per heavy atom. The van der Waals surface area contributed by atoms with Crippen LogP contribution in [-0.4, -0.2) is 63.1 Å². The van der Waals surface area contributed by atoms with Gasteiger partial charge in [0.25, 0.3) is 5.91 Å². The van der Waals surface area contributed by atoms with E-state index in [1.54, 1.807) is 12.1 Å². The van der Waals surface area contributed by atoms with Gasteiger partial charge in [0.1, 0.15) is 12.3 Å². The largest absolute Gasteiger partial charge is 0.482 e. The number of anilines is 3. The lowest BCUT2D eigenvalue weighted by molar-refractivity contribution is -0.123. The molecule has 2 aromatic rings. The van der Waals surface area contributed by atoms with Gasteiger partial charge >= 0.3 is 0 Å². The van der Waals surface area contributed by atoms with Crippen molar-refractivity contribution >= 4 is 28.9 Å². The van der Waals surface area contributed by atoms with Gasteiger partial charge in [-0.1, -0.05) is 24.3 Å². The van der Waals surface area contributed by atoms with Crippen LogP contribution in [0.25, 0.3) is 0 Å². The topological polar surface area (TPSA) is 65.1 Å². The molecule has 28 heavy (non-hydrogen) atoms. The smallest absolute Gasteiger partial charge is 0.265 e. The summed E-state index contributed by atoms with van der Waals surface area (Å²) in [4.78, 5) is 31.1. The number of carbonyl (C=O) groups excluding carboxylic acids is 2. The Kier molecular flexibility index (Phi) is 5.16. The van der Waals surface area contributed by atoms with Crippen molar-refractivity contribution in [3.8, 4) is 5.75 Å². The van der Waals surface area contributed by atoms with Gasteiger partial charge in [-0.3, -0.25) is 14.5 Å². The third-order valence-electron chi connectivity index (χ3n) is 5.13. The number of piperazine rings is 1. The van der Waals surface area contributed by atoms with Crippen molar-refractivity contribution < 1.29 is 14.3 Å². The molecule has 0 aromatic heterocycles. The van der Waals surface area contributed by atoms with E-state index in [1.807, 2.05) is 36.4 Å². The number of carbonyl (C=O) groups is 2. The number of benzene rings is 2. The maximum Gasteiger partial charge on any atom is 0.265 e. The highest BCUT2D eigenvalue weighted by Gasteiger charge is 2.27. The van der Waals surface area contributed by atoms with Crippen molar-refractivity contribution in [1.82, 2.24) is 4.90 Å². The molecule has 7 heteroatoms. The van der Waals surface area contributed by atoms with Crippen LogP contribution < -0.4 is 19.9 Å². The third kappa shape index (κ3) is 3.80. The Morgan fingerprint density at radius 1 is 1.00 bits per heavy atom. The van der Waals surface area contributed by atoms with Gasteiger partial charge in [-0.25, -0.2) is 0 Å². The molecule has 0 spiro atoms. The van der Waals surface area contributed by atoms with E-state index in [2.05, 4.69) is 22.2 Å². The zero-order valence-electron chi connectivity index (χ0n) is 15.9. The van der Waals surface area contributed by atoms with E-state index < -0.39 is 0 Å². The van der Waals surface area contributed by atoms with E-state index in [0.717, 1.165) is 37.6 Å². The van der Waals surface area contributed by atoms with Gasteiger partial charge in [-0.15, -0.1) is 0 Å². The molecular weight excluding hydrogens is 356 g/mol. The highest BCUT2D eigenvalue weighted by Crippen LogP contribution is 2.31. The zero-order chi connectivity index (χ0) is 19.5. The summed E-state index contributed by atoms with van der Waals surface area (Å²) >= 11 is 0. The number of hydrogen-bond acceptors (Lipinski definition) is 5. The molecule has 2 amide bonds. The second-order valence-corrected chi connectivity index (χ2v) is 7.09. The van der Waals surface area contributed by atoms with Gasteiger partial charge in [0.05, 0.1) is 17.1 Å². The standard InChI is InChI=1S/C21H24N4O3/c1-23-10-12-24(13-11-23)17-7-3-2-6-16(17)22-20(26)14-25-18-8-4-5-9-19(18)28-15-21(25)27/h2-9H,10-15H2,1H3,(H,22,26). The molecule has 1 saturated heterocycles. The molecule has 0 saturated carbocycles. The molecule has 0 atom stereocenters. The van der Waals surface area contributed by atoms with Crippen LogP contribution >= 0.6 is 0 Å². The van der Waals surface area contributed by atoms with Crippen molar-refractivity contribution in [2.45, 2.75) is 0 Å². The molecule has 0 unspecified atom stereocenters. The first-order valence-corrected chi connectivity index (χ1v) is 9.46. The maximum atomic E-state index is 12.8. The Morgan fingerprint density at radius 3 is 2.46 bits per heavy atom. The summed E-state index contributed by atoms with van der Waals surface area (Å²) in [5.41, 5.74) is 2.41. The minimum atomic E-state index is -0.230. The van der Waals surface area contributed by atoms with Gasteiger partial charge in [0.15, 0.2) is 6.61 Å². The fourth-order valence-electron chi connectivity index (χ4n) is 3.56. The molecule has 0 aliphatic carbocycles. The summed E-state index contributed by atoms with van der Waals surface area (Å²) in [6.45, 7) is 3.71. The van der Waals surface area contributed by atoms with Crippen LogP contribution in [0.15, 0.2) is 48.5 Å². The number of nitrogens with one attached hydrogen (secondary N) is 1. The summed E-state index contributed by atoms with van der Waals surface area (Å²) in [7, 11) is 2.11. The molecule has 146 valence electrons. The van der Waals surface area contributed by atoms with Crippen LogP contribution in [0.1, 0.15) is 0 Å². The van der Waals surface area contributed by atoms with Gasteiger partial charge < -0.3 is 19.9 Å². The van der Waals surface area contributed by atoms with Gasteiger partial charge in [0.2, 0.25) is 5.91 Å². The van der Waals surface area contributed by atoms with Crippen LogP contribution in [0.2, 0.25) is 0 Å². The van der Waals surface area contributed by atoms with Crippen molar-refractivity contribution in [2.75, 3.05) is 61.5 Å². The van der Waals surface area contributed by atoms with E-state index in [9.17, 15) is 9.59 Å². The van der Waals surface area contributed by atoms with Crippen molar-refractivity contribution in [2.24, 2.45) is 0 Å². The highest BCUT2D eigenvalue weighted by atomic mass is 16.5. The molecule has 2 aromatic carbocycles.